The van der Waals surface area contributed by atoms with Gasteiger partial charge in [-0.2, -0.15) is 0 Å². The number of carbonyl (C=O) groups excluding carboxylic acids is 2. The predicted molar refractivity (Wildman–Crippen MR) is 62.4 cm³/mol. The van der Waals surface area contributed by atoms with Crippen molar-refractivity contribution in [2.75, 3.05) is 18.8 Å². The molecule has 1 rings (SSSR count). The predicted octanol–water partition coefficient (Wildman–Crippen LogP) is -0.628. The Labute approximate surface area is 97.8 Å². The summed E-state index contributed by atoms with van der Waals surface area (Å²) < 4.78 is 0. The summed E-state index contributed by atoms with van der Waals surface area (Å²) in [5.41, 5.74) is 10.7. The van der Waals surface area contributed by atoms with E-state index in [1.165, 1.54) is 18.2 Å². The van der Waals surface area contributed by atoms with Crippen molar-refractivity contribution in [2.45, 2.75) is 0 Å². The normalized spacial score (nSPS) is 9.65. The monoisotopic (exact) mass is 238 g/mol. The number of urea groups is 1. The molecule has 0 aliphatic carbocycles. The first-order valence-electron chi connectivity index (χ1n) is 4.90. The number of primary amides is 1. The highest BCUT2D eigenvalue weighted by Crippen LogP contribution is 2.20. The average Bonchev–Trinajstić information content (AvgIpc) is 2.27. The lowest BCUT2D eigenvalue weighted by atomic mass is 10.2. The molecule has 17 heavy (non-hydrogen) atoms. The van der Waals surface area contributed by atoms with Gasteiger partial charge >= 0.3 is 6.03 Å². The van der Waals surface area contributed by atoms with Gasteiger partial charge in [-0.25, -0.2) is 4.79 Å². The summed E-state index contributed by atoms with van der Waals surface area (Å²) in [5, 5.41) is 14.2. The lowest BCUT2D eigenvalue weighted by molar-refractivity contribution is 0.0953. The highest BCUT2D eigenvalue weighted by atomic mass is 16.3. The topological polar surface area (TPSA) is 130 Å². The molecule has 0 spiro atoms. The zero-order valence-corrected chi connectivity index (χ0v) is 9.06. The van der Waals surface area contributed by atoms with E-state index >= 15 is 0 Å². The van der Waals surface area contributed by atoms with Crippen LogP contribution in [0, 0.1) is 0 Å². The largest absolute Gasteiger partial charge is 0.506 e. The number of aromatic hydroxyl groups is 1. The molecule has 0 aliphatic rings. The second-order valence-corrected chi connectivity index (χ2v) is 3.32. The molecule has 0 saturated heterocycles. The maximum Gasteiger partial charge on any atom is 0.312 e. The van der Waals surface area contributed by atoms with Gasteiger partial charge < -0.3 is 27.2 Å². The Kier molecular flexibility index (Phi) is 4.15. The third-order valence-electron chi connectivity index (χ3n) is 2.00. The second-order valence-electron chi connectivity index (χ2n) is 3.32. The number of nitrogens with two attached hydrogens (primary N) is 2. The minimum Gasteiger partial charge on any atom is -0.506 e. The third kappa shape index (κ3) is 3.90. The molecule has 7 heteroatoms. The van der Waals surface area contributed by atoms with Crippen molar-refractivity contribution in [3.8, 4) is 5.75 Å². The second kappa shape index (κ2) is 5.59. The molecule has 7 nitrogen and oxygen atoms in total. The average molecular weight is 238 g/mol. The van der Waals surface area contributed by atoms with Crippen molar-refractivity contribution in [3.63, 3.8) is 0 Å². The highest BCUT2D eigenvalue weighted by Gasteiger charge is 2.07. The fourth-order valence-corrected chi connectivity index (χ4v) is 1.15. The van der Waals surface area contributed by atoms with Gasteiger partial charge in [0.2, 0.25) is 0 Å². The van der Waals surface area contributed by atoms with E-state index in [1.54, 1.807) is 0 Å². The van der Waals surface area contributed by atoms with Crippen LogP contribution in [0.5, 0.6) is 5.75 Å². The van der Waals surface area contributed by atoms with Gasteiger partial charge in [0.25, 0.3) is 5.91 Å². The molecule has 0 fully saturated rings. The first kappa shape index (κ1) is 12.6. The molecule has 0 saturated carbocycles. The van der Waals surface area contributed by atoms with Gasteiger partial charge in [0.05, 0.1) is 5.69 Å². The van der Waals surface area contributed by atoms with E-state index in [0.717, 1.165) is 0 Å². The van der Waals surface area contributed by atoms with E-state index in [2.05, 4.69) is 10.6 Å². The quantitative estimate of drug-likeness (QED) is 0.271. The van der Waals surface area contributed by atoms with E-state index in [1.807, 2.05) is 0 Å². The molecular weight excluding hydrogens is 224 g/mol. The number of carbonyl (C=O) groups is 2. The summed E-state index contributed by atoms with van der Waals surface area (Å²) in [6, 6.07) is 3.55. The lowest BCUT2D eigenvalue weighted by Crippen LogP contribution is -2.37. The first-order chi connectivity index (χ1) is 8.00. The van der Waals surface area contributed by atoms with Crippen LogP contribution in [0.3, 0.4) is 0 Å². The molecule has 1 aromatic rings. The van der Waals surface area contributed by atoms with Crippen LogP contribution < -0.4 is 22.1 Å². The summed E-state index contributed by atoms with van der Waals surface area (Å²) in [4.78, 5) is 21.9. The first-order valence-corrected chi connectivity index (χ1v) is 4.90. The highest BCUT2D eigenvalue weighted by molar-refractivity contribution is 5.95. The maximum atomic E-state index is 11.5. The van der Waals surface area contributed by atoms with Crippen LogP contribution in [0.1, 0.15) is 10.4 Å². The molecule has 0 radical (unpaired) electrons. The van der Waals surface area contributed by atoms with E-state index in [4.69, 9.17) is 11.5 Å². The molecule has 7 N–H and O–H groups in total. The standard InChI is InChI=1S/C10H14N4O3/c11-7-2-1-6(5-8(7)15)9(16)13-3-4-14-10(12)17/h1-2,5,15H,3-4,11H2,(H,13,16)(H3,12,14,17). The van der Waals surface area contributed by atoms with Gasteiger partial charge in [-0.1, -0.05) is 0 Å². The zero-order valence-electron chi connectivity index (χ0n) is 9.06. The van der Waals surface area contributed by atoms with Crippen molar-refractivity contribution >= 4 is 17.6 Å². The van der Waals surface area contributed by atoms with Gasteiger partial charge in [-0.3, -0.25) is 4.79 Å². The molecule has 0 aromatic heterocycles. The maximum absolute atomic E-state index is 11.5. The molecular formula is C10H14N4O3. The van der Waals surface area contributed by atoms with Crippen molar-refractivity contribution in [1.82, 2.24) is 10.6 Å². The Balaban J connectivity index is 2.47. The van der Waals surface area contributed by atoms with Crippen molar-refractivity contribution in [3.05, 3.63) is 23.8 Å². The van der Waals surface area contributed by atoms with Crippen molar-refractivity contribution in [2.24, 2.45) is 5.73 Å². The molecule has 0 bridgehead atoms. The van der Waals surface area contributed by atoms with Gasteiger partial charge in [0, 0.05) is 18.7 Å². The van der Waals surface area contributed by atoms with Crippen LogP contribution in [0.2, 0.25) is 0 Å². The van der Waals surface area contributed by atoms with E-state index in [0.29, 0.717) is 0 Å². The summed E-state index contributed by atoms with van der Waals surface area (Å²) in [7, 11) is 0. The molecule has 1 aromatic carbocycles. The Morgan fingerprint density at radius 1 is 1.24 bits per heavy atom. The number of benzene rings is 1. The van der Waals surface area contributed by atoms with Gasteiger partial charge in [0.1, 0.15) is 5.75 Å². The number of phenols is 1. The Morgan fingerprint density at radius 3 is 2.47 bits per heavy atom. The lowest BCUT2D eigenvalue weighted by Gasteiger charge is -2.06. The Morgan fingerprint density at radius 2 is 1.88 bits per heavy atom. The molecule has 92 valence electrons. The molecule has 0 aliphatic heterocycles. The van der Waals surface area contributed by atoms with Crippen LogP contribution in [-0.4, -0.2) is 30.1 Å². The SMILES string of the molecule is NC(=O)NCCNC(=O)c1ccc(N)c(O)c1. The Hall–Kier alpha value is -2.44. The third-order valence-corrected chi connectivity index (χ3v) is 2.00. The summed E-state index contributed by atoms with van der Waals surface area (Å²) in [6.07, 6.45) is 0. The smallest absolute Gasteiger partial charge is 0.312 e. The van der Waals surface area contributed by atoms with Gasteiger partial charge in [-0.15, -0.1) is 0 Å². The number of anilines is 1. The van der Waals surface area contributed by atoms with E-state index < -0.39 is 6.03 Å². The number of nitrogens with one attached hydrogen (secondary N) is 2. The number of hydrogen-bond acceptors (Lipinski definition) is 4. The van der Waals surface area contributed by atoms with Gasteiger partial charge in [-0.05, 0) is 18.2 Å². The van der Waals surface area contributed by atoms with Crippen LogP contribution in [-0.2, 0) is 0 Å². The van der Waals surface area contributed by atoms with E-state index in [-0.39, 0.29) is 36.0 Å². The minimum absolute atomic E-state index is 0.145. The van der Waals surface area contributed by atoms with Crippen LogP contribution in [0.4, 0.5) is 10.5 Å². The van der Waals surface area contributed by atoms with Gasteiger partial charge in [0.15, 0.2) is 0 Å². The summed E-state index contributed by atoms with van der Waals surface area (Å²) in [6.45, 7) is 0.481. The summed E-state index contributed by atoms with van der Waals surface area (Å²) >= 11 is 0. The number of rotatable bonds is 4. The molecule has 3 amide bonds. The molecule has 0 unspecified atom stereocenters. The number of amides is 3. The van der Waals surface area contributed by atoms with Crippen LogP contribution in [0.15, 0.2) is 18.2 Å². The number of hydrogen-bond donors (Lipinski definition) is 5. The summed E-state index contributed by atoms with van der Waals surface area (Å²) in [5.74, 6) is -0.514. The Bertz CT molecular complexity index is 434. The minimum atomic E-state index is -0.649. The van der Waals surface area contributed by atoms with Crippen LogP contribution in [0.25, 0.3) is 0 Å². The fraction of sp³-hybridized carbons (Fsp3) is 0.200. The number of nitrogen functional groups attached to an aromatic ring is 1. The number of phenolic OH excluding ortho intramolecular Hbond substituents is 1. The van der Waals surface area contributed by atoms with E-state index in [9.17, 15) is 14.7 Å². The van der Waals surface area contributed by atoms with Crippen LogP contribution >= 0.6 is 0 Å². The molecule has 0 atom stereocenters. The zero-order chi connectivity index (χ0) is 12.8. The van der Waals surface area contributed by atoms with Crippen molar-refractivity contribution in [1.29, 1.82) is 0 Å². The van der Waals surface area contributed by atoms with Crippen molar-refractivity contribution < 1.29 is 14.7 Å². The fourth-order valence-electron chi connectivity index (χ4n) is 1.15. The molecule has 0 heterocycles.